The van der Waals surface area contributed by atoms with E-state index in [4.69, 9.17) is 0 Å². The normalized spacial score (nSPS) is 7.62. The average Bonchev–Trinajstić information content (AvgIpc) is 3.01. The van der Waals surface area contributed by atoms with Gasteiger partial charge in [-0.3, -0.25) is 0 Å². The molecule has 48 heavy (non-hydrogen) atoms. The van der Waals surface area contributed by atoms with Crippen LogP contribution in [0.25, 0.3) is 0 Å². The third-order valence-electron chi connectivity index (χ3n) is 5.24. The zero-order chi connectivity index (χ0) is 30.7. The Balaban J connectivity index is -0.000000108. The third-order valence-corrected chi connectivity index (χ3v) is 5.24. The number of benzene rings is 6. The minimum Gasteiger partial charge on any atom is -0.184 e. The Bertz CT molecular complexity index is 1090. The van der Waals surface area contributed by atoms with E-state index in [9.17, 15) is 0 Å². The van der Waals surface area contributed by atoms with Crippen molar-refractivity contribution in [3.05, 3.63) is 215 Å². The molecule has 6 aromatic rings. The second kappa shape index (κ2) is 41.8. The van der Waals surface area contributed by atoms with E-state index in [2.05, 4.69) is 96.1 Å². The summed E-state index contributed by atoms with van der Waals surface area (Å²) in [5, 5.41) is 0. The van der Waals surface area contributed by atoms with Crippen LogP contribution in [-0.2, 0) is 98.1 Å². The minimum atomic E-state index is 0. The first-order valence-corrected chi connectivity index (χ1v) is 13.9. The molecule has 0 amide bonds. The molecule has 249 valence electrons. The van der Waals surface area contributed by atoms with Crippen LogP contribution in [0.15, 0.2) is 146 Å². The topological polar surface area (TPSA) is 0 Å². The van der Waals surface area contributed by atoms with Crippen molar-refractivity contribution in [2.45, 2.75) is 63.8 Å². The van der Waals surface area contributed by atoms with E-state index in [1.54, 1.807) is 0 Å². The van der Waals surface area contributed by atoms with Crippen molar-refractivity contribution < 1.29 is 98.1 Å². The van der Waals surface area contributed by atoms with Crippen molar-refractivity contribution >= 4 is 0 Å². The molecule has 0 saturated carbocycles. The molecule has 0 atom stereocenters. The first-order chi connectivity index (χ1) is 20.4. The summed E-state index contributed by atoms with van der Waals surface area (Å²) in [4.78, 5) is 0. The average molecular weight is 862 g/mol. The van der Waals surface area contributed by atoms with Gasteiger partial charge in [0.1, 0.15) is 0 Å². The molecule has 0 aromatic heterocycles. The van der Waals surface area contributed by atoms with E-state index in [1.807, 2.05) is 127 Å². The van der Waals surface area contributed by atoms with Crippen molar-refractivity contribution in [1.29, 1.82) is 0 Å². The van der Waals surface area contributed by atoms with Gasteiger partial charge in [0.05, 0.1) is 0 Å². The third kappa shape index (κ3) is 39.1. The molecule has 0 fully saturated rings. The van der Waals surface area contributed by atoms with E-state index < -0.39 is 0 Å². The monoisotopic (exact) mass is 861 g/mol. The summed E-state index contributed by atoms with van der Waals surface area (Å²) >= 11 is 0. The van der Waals surface area contributed by atoms with Crippen LogP contribution < -0.4 is 0 Å². The number of rotatable bonds is 0. The summed E-state index contributed by atoms with van der Waals surface area (Å²) in [5.74, 6) is 0. The van der Waals surface area contributed by atoms with Gasteiger partial charge < -0.3 is 0 Å². The van der Waals surface area contributed by atoms with Gasteiger partial charge in [-0.2, -0.15) is 215 Å². The molecule has 0 N–H and O–H groups in total. The van der Waals surface area contributed by atoms with Crippen LogP contribution in [0.2, 0.25) is 0 Å². The van der Waals surface area contributed by atoms with Crippen LogP contribution in [0.3, 0.4) is 0 Å². The van der Waals surface area contributed by atoms with Crippen LogP contribution >= 0.6 is 0 Å². The fourth-order valence-electron chi connectivity index (χ4n) is 2.86. The van der Waals surface area contributed by atoms with Gasteiger partial charge in [0.2, 0.25) is 0 Å². The largest absolute Gasteiger partial charge is 0.184 e. The fraction of sp³-hybridized carbons (Fsp3) is 0.200. The van der Waals surface area contributed by atoms with Gasteiger partial charge in [-0.15, -0.1) is 0 Å². The van der Waals surface area contributed by atoms with E-state index in [-0.39, 0.29) is 120 Å². The zero-order valence-electron chi connectivity index (χ0n) is 27.6. The van der Waals surface area contributed by atoms with Gasteiger partial charge in [0, 0.05) is 98.1 Å². The second-order valence-corrected chi connectivity index (χ2v) is 9.47. The summed E-state index contributed by atoms with van der Waals surface area (Å²) < 4.78 is 0. The minimum absolute atomic E-state index is 0. The van der Waals surface area contributed by atoms with Crippen LogP contribution in [0, 0.1) is 77.9 Å². The molecule has 0 aliphatic rings. The molecule has 0 aliphatic carbocycles. The van der Waals surface area contributed by atoms with Crippen molar-refractivity contribution in [2.24, 2.45) is 0 Å². The Labute approximate surface area is 372 Å². The number of hydrogen-bond acceptors (Lipinski definition) is 0. The second-order valence-electron chi connectivity index (χ2n) is 9.47. The van der Waals surface area contributed by atoms with Gasteiger partial charge in [-0.05, 0) is 0 Å². The fourth-order valence-corrected chi connectivity index (χ4v) is 2.86. The number of hydrogen-bond donors (Lipinski definition) is 0. The van der Waals surface area contributed by atoms with Crippen LogP contribution in [0.4, 0.5) is 0 Å². The smallest absolute Gasteiger partial charge is 0 e. The molecule has 6 aromatic carbocycles. The maximum Gasteiger partial charge on any atom is 0 e. The molecule has 6 rings (SSSR count). The van der Waals surface area contributed by atoms with Crippen molar-refractivity contribution in [3.63, 3.8) is 0 Å². The maximum absolute atomic E-state index is 2.96. The molecule has 3 heteroatoms. The Morgan fingerprint density at radius 3 is 0.562 bits per heavy atom. The molecule has 0 heterocycles. The molecule has 0 unspecified atom stereocenters. The first-order valence-electron chi connectivity index (χ1n) is 13.9. The van der Waals surface area contributed by atoms with Crippen molar-refractivity contribution in [3.8, 4) is 0 Å². The van der Waals surface area contributed by atoms with Crippen molar-refractivity contribution in [1.82, 2.24) is 0 Å². The molecule has 0 spiro atoms. The zero-order valence-corrected chi connectivity index (χ0v) is 36.1. The SMILES string of the molecule is C.C.C.Cc1c[c-]ccc1.Cc1c[c-]ccc1.Cc1c[c-]ccc1.Cc1cc[c-]cc1.Cc1cc[c-]cc1.Cc1cc[c-]cc1.[Y].[Y].[Y]. The Morgan fingerprint density at radius 1 is 0.271 bits per heavy atom. The molecule has 0 saturated heterocycles. The molecular formula is C45H54Y3-6. The molecule has 0 bridgehead atoms. The van der Waals surface area contributed by atoms with Gasteiger partial charge in [0.15, 0.2) is 0 Å². The van der Waals surface area contributed by atoms with Gasteiger partial charge in [-0.1, -0.05) is 63.8 Å². The van der Waals surface area contributed by atoms with E-state index in [0.29, 0.717) is 0 Å². The predicted molar refractivity (Wildman–Crippen MR) is 200 cm³/mol. The predicted octanol–water partition coefficient (Wildman–Crippen LogP) is 12.7. The Hall–Kier alpha value is -1.37. The van der Waals surface area contributed by atoms with Gasteiger partial charge in [-0.25, -0.2) is 0 Å². The molecule has 0 aliphatic heterocycles. The van der Waals surface area contributed by atoms with Crippen molar-refractivity contribution in [2.75, 3.05) is 0 Å². The Kier molecular flexibility index (Phi) is 51.2. The quantitative estimate of drug-likeness (QED) is 0.134. The number of aryl methyl sites for hydroxylation is 6. The van der Waals surface area contributed by atoms with Gasteiger partial charge >= 0.3 is 0 Å². The summed E-state index contributed by atoms with van der Waals surface area (Å²) in [5.41, 5.74) is 7.67. The van der Waals surface area contributed by atoms with E-state index in [1.165, 1.54) is 33.4 Å². The summed E-state index contributed by atoms with van der Waals surface area (Å²) in [7, 11) is 0. The summed E-state index contributed by atoms with van der Waals surface area (Å²) in [6, 6.07) is 65.0. The van der Waals surface area contributed by atoms with Crippen LogP contribution in [-0.4, -0.2) is 0 Å². The van der Waals surface area contributed by atoms with Gasteiger partial charge in [0.25, 0.3) is 0 Å². The van der Waals surface area contributed by atoms with Crippen LogP contribution in [0.1, 0.15) is 55.7 Å². The summed E-state index contributed by atoms with van der Waals surface area (Å²) in [6.45, 7) is 12.3. The Morgan fingerprint density at radius 2 is 0.479 bits per heavy atom. The van der Waals surface area contributed by atoms with Crippen LogP contribution in [0.5, 0.6) is 0 Å². The summed E-state index contributed by atoms with van der Waals surface area (Å²) in [6.07, 6.45) is 0. The molecular weight excluding hydrogens is 807 g/mol. The van der Waals surface area contributed by atoms with E-state index in [0.717, 1.165) is 0 Å². The molecule has 0 nitrogen and oxygen atoms in total. The first kappa shape index (κ1) is 58.8. The van der Waals surface area contributed by atoms with E-state index >= 15 is 0 Å². The maximum atomic E-state index is 2.96. The standard InChI is InChI=1S/6C7H7.3CH4.3Y/c6*1-7-5-3-2-4-6-7;;;;;;/h3*3-6H,1H3;3*2-3,5-6H,1H3;3*1H4;;;/q6*-1;;;;;;. The molecule has 3 radical (unpaired) electrons.